The zero-order chi connectivity index (χ0) is 19.7. The van der Waals surface area contributed by atoms with Gasteiger partial charge in [-0.3, -0.25) is 4.79 Å². The maximum absolute atomic E-state index is 12.9. The number of benzene rings is 2. The molecule has 4 rings (SSSR count). The summed E-state index contributed by atoms with van der Waals surface area (Å²) in [4.78, 5) is 19.9. The van der Waals surface area contributed by atoms with E-state index in [0.717, 1.165) is 40.9 Å². The topological polar surface area (TPSA) is 54.5 Å². The fraction of sp³-hybridized carbons (Fsp3) is 0.304. The molecule has 1 aliphatic heterocycles. The van der Waals surface area contributed by atoms with Crippen LogP contribution >= 0.6 is 0 Å². The summed E-state index contributed by atoms with van der Waals surface area (Å²) in [6, 6.07) is 14.0. The molecule has 0 saturated carbocycles. The van der Waals surface area contributed by atoms with Crippen LogP contribution in [-0.4, -0.2) is 37.2 Å². The smallest absolute Gasteiger partial charge is 0.274 e. The number of nitrogens with zero attached hydrogens (tertiary/aromatic N) is 2. The number of aryl methyl sites for hydroxylation is 3. The third-order valence-electron chi connectivity index (χ3n) is 5.29. The van der Waals surface area contributed by atoms with E-state index in [-0.39, 0.29) is 5.91 Å². The van der Waals surface area contributed by atoms with Crippen LogP contribution in [0.4, 0.5) is 11.4 Å². The molecule has 1 N–H and O–H groups in total. The normalized spacial score (nSPS) is 14.3. The van der Waals surface area contributed by atoms with Crippen molar-refractivity contribution in [3.63, 3.8) is 0 Å². The maximum Gasteiger partial charge on any atom is 0.274 e. The van der Waals surface area contributed by atoms with Crippen molar-refractivity contribution in [2.24, 2.45) is 0 Å². The molecule has 3 aromatic rings. The van der Waals surface area contributed by atoms with E-state index in [1.807, 2.05) is 43.3 Å². The number of morpholine rings is 1. The fourth-order valence-electron chi connectivity index (χ4n) is 3.52. The highest BCUT2D eigenvalue weighted by Crippen LogP contribution is 2.29. The number of aromatic nitrogens is 1. The number of hydrogen-bond donors (Lipinski definition) is 1. The highest BCUT2D eigenvalue weighted by molar-refractivity contribution is 6.06. The largest absolute Gasteiger partial charge is 0.378 e. The molecule has 2 aromatic carbocycles. The molecule has 0 spiro atoms. The van der Waals surface area contributed by atoms with Crippen LogP contribution in [0.5, 0.6) is 0 Å². The summed E-state index contributed by atoms with van der Waals surface area (Å²) in [5, 5.41) is 4.06. The van der Waals surface area contributed by atoms with Crippen molar-refractivity contribution in [1.29, 1.82) is 0 Å². The molecule has 0 unspecified atom stereocenters. The van der Waals surface area contributed by atoms with Crippen LogP contribution in [0.1, 0.15) is 27.2 Å². The van der Waals surface area contributed by atoms with Gasteiger partial charge in [0.1, 0.15) is 5.69 Å². The predicted octanol–water partition coefficient (Wildman–Crippen LogP) is 4.25. The Labute approximate surface area is 165 Å². The molecule has 0 bridgehead atoms. The van der Waals surface area contributed by atoms with Crippen LogP contribution < -0.4 is 10.2 Å². The van der Waals surface area contributed by atoms with Crippen LogP contribution in [0, 0.1) is 20.8 Å². The molecule has 1 fully saturated rings. The van der Waals surface area contributed by atoms with Gasteiger partial charge < -0.3 is 15.0 Å². The first-order chi connectivity index (χ1) is 13.5. The first-order valence-electron chi connectivity index (χ1n) is 9.64. The Balaban J connectivity index is 1.72. The molecule has 0 aliphatic carbocycles. The van der Waals surface area contributed by atoms with Gasteiger partial charge in [-0.25, -0.2) is 4.98 Å². The zero-order valence-corrected chi connectivity index (χ0v) is 16.6. The predicted molar refractivity (Wildman–Crippen MR) is 113 cm³/mol. The van der Waals surface area contributed by atoms with Crippen molar-refractivity contribution in [3.8, 4) is 0 Å². The Morgan fingerprint density at radius 2 is 1.79 bits per heavy atom. The van der Waals surface area contributed by atoms with Gasteiger partial charge in [0, 0.05) is 29.9 Å². The second-order valence-corrected chi connectivity index (χ2v) is 7.40. The van der Waals surface area contributed by atoms with E-state index in [1.165, 1.54) is 11.1 Å². The number of hydrogen-bond acceptors (Lipinski definition) is 4. The summed E-state index contributed by atoms with van der Waals surface area (Å²) < 4.78 is 5.50. The van der Waals surface area contributed by atoms with Crippen LogP contribution in [0.25, 0.3) is 10.9 Å². The lowest BCUT2D eigenvalue weighted by Gasteiger charge is -2.30. The van der Waals surface area contributed by atoms with Crippen molar-refractivity contribution < 1.29 is 9.53 Å². The molecular weight excluding hydrogens is 350 g/mol. The first-order valence-corrected chi connectivity index (χ1v) is 9.64. The van der Waals surface area contributed by atoms with E-state index in [1.54, 1.807) is 0 Å². The number of nitrogens with one attached hydrogen (secondary N) is 1. The Hall–Kier alpha value is -2.92. The minimum atomic E-state index is -0.194. The number of fused-ring (bicyclic) bond motifs is 1. The van der Waals surface area contributed by atoms with Gasteiger partial charge >= 0.3 is 0 Å². The number of anilines is 2. The van der Waals surface area contributed by atoms with Gasteiger partial charge in [0.15, 0.2) is 0 Å². The molecule has 2 heterocycles. The monoisotopic (exact) mass is 375 g/mol. The van der Waals surface area contributed by atoms with Gasteiger partial charge in [-0.1, -0.05) is 17.7 Å². The lowest BCUT2D eigenvalue weighted by atomic mass is 10.1. The Morgan fingerprint density at radius 1 is 1.00 bits per heavy atom. The van der Waals surface area contributed by atoms with Crippen LogP contribution in [0.3, 0.4) is 0 Å². The molecule has 0 radical (unpaired) electrons. The van der Waals surface area contributed by atoms with Gasteiger partial charge in [0.05, 0.1) is 18.7 Å². The number of ether oxygens (including phenoxy) is 1. The Morgan fingerprint density at radius 3 is 2.54 bits per heavy atom. The van der Waals surface area contributed by atoms with Gasteiger partial charge in [-0.2, -0.15) is 0 Å². The van der Waals surface area contributed by atoms with Crippen LogP contribution in [0.2, 0.25) is 0 Å². The average Bonchev–Trinajstić information content (AvgIpc) is 2.70. The number of carbonyl (C=O) groups is 1. The average molecular weight is 375 g/mol. The minimum absolute atomic E-state index is 0.194. The molecule has 1 aromatic heterocycles. The van der Waals surface area contributed by atoms with Crippen molar-refractivity contribution in [1.82, 2.24) is 4.98 Å². The summed E-state index contributed by atoms with van der Waals surface area (Å²) in [6.45, 7) is 9.18. The number of carbonyl (C=O) groups excluding carboxylic acids is 1. The van der Waals surface area contributed by atoms with E-state index in [9.17, 15) is 4.79 Å². The van der Waals surface area contributed by atoms with Crippen molar-refractivity contribution in [2.75, 3.05) is 36.5 Å². The molecule has 0 atom stereocenters. The standard InChI is InChI=1S/C23H25N3O2/c1-15-4-7-20-19(12-15)22(26-8-10-28-11-9-26)14-21(25-20)23(27)24-18-6-5-16(2)17(3)13-18/h4-7,12-14H,8-11H2,1-3H3,(H,24,27). The molecule has 28 heavy (non-hydrogen) atoms. The highest BCUT2D eigenvalue weighted by atomic mass is 16.5. The second kappa shape index (κ2) is 7.60. The molecule has 1 saturated heterocycles. The lowest BCUT2D eigenvalue weighted by Crippen LogP contribution is -2.36. The zero-order valence-electron chi connectivity index (χ0n) is 16.6. The number of rotatable bonds is 3. The lowest BCUT2D eigenvalue weighted by molar-refractivity contribution is 0.102. The van der Waals surface area contributed by atoms with Gasteiger partial charge in [0.25, 0.3) is 5.91 Å². The Kier molecular flexibility index (Phi) is 5.01. The highest BCUT2D eigenvalue weighted by Gasteiger charge is 2.18. The van der Waals surface area contributed by atoms with E-state index in [2.05, 4.69) is 35.1 Å². The van der Waals surface area contributed by atoms with Crippen LogP contribution in [0.15, 0.2) is 42.5 Å². The molecule has 144 valence electrons. The van der Waals surface area contributed by atoms with E-state index < -0.39 is 0 Å². The van der Waals surface area contributed by atoms with Crippen molar-refractivity contribution in [2.45, 2.75) is 20.8 Å². The van der Waals surface area contributed by atoms with E-state index >= 15 is 0 Å². The SMILES string of the molecule is Cc1ccc2nc(C(=O)Nc3ccc(C)c(C)c3)cc(N3CCOCC3)c2c1. The van der Waals surface area contributed by atoms with Gasteiger partial charge in [-0.05, 0) is 62.2 Å². The molecule has 5 heteroatoms. The quantitative estimate of drug-likeness (QED) is 0.744. The molecule has 1 aliphatic rings. The first kappa shape index (κ1) is 18.4. The summed E-state index contributed by atoms with van der Waals surface area (Å²) in [5.74, 6) is -0.194. The minimum Gasteiger partial charge on any atom is -0.378 e. The Bertz CT molecular complexity index is 1040. The van der Waals surface area contributed by atoms with E-state index in [4.69, 9.17) is 4.74 Å². The summed E-state index contributed by atoms with van der Waals surface area (Å²) >= 11 is 0. The summed E-state index contributed by atoms with van der Waals surface area (Å²) in [7, 11) is 0. The van der Waals surface area contributed by atoms with Crippen molar-refractivity contribution >= 4 is 28.2 Å². The molecule has 1 amide bonds. The maximum atomic E-state index is 12.9. The third-order valence-corrected chi connectivity index (χ3v) is 5.29. The van der Waals surface area contributed by atoms with Gasteiger partial charge in [-0.15, -0.1) is 0 Å². The van der Waals surface area contributed by atoms with E-state index in [0.29, 0.717) is 18.9 Å². The number of amides is 1. The van der Waals surface area contributed by atoms with Gasteiger partial charge in [0.2, 0.25) is 0 Å². The second-order valence-electron chi connectivity index (χ2n) is 7.40. The van der Waals surface area contributed by atoms with Crippen molar-refractivity contribution in [3.05, 3.63) is 64.8 Å². The fourth-order valence-corrected chi connectivity index (χ4v) is 3.52. The summed E-state index contributed by atoms with van der Waals surface area (Å²) in [6.07, 6.45) is 0. The van der Waals surface area contributed by atoms with Crippen LogP contribution in [-0.2, 0) is 4.74 Å². The third kappa shape index (κ3) is 3.71. The molecule has 5 nitrogen and oxygen atoms in total. The molecular formula is C23H25N3O2. The number of pyridine rings is 1. The summed E-state index contributed by atoms with van der Waals surface area (Å²) in [5.41, 5.74) is 6.61.